The van der Waals surface area contributed by atoms with Gasteiger partial charge in [0.2, 0.25) is 0 Å². The van der Waals surface area contributed by atoms with Crippen LogP contribution in [0.3, 0.4) is 0 Å². The number of H-pyrrole nitrogens is 1. The van der Waals surface area contributed by atoms with Gasteiger partial charge in [0.15, 0.2) is 0 Å². The number of aromatic hydroxyl groups is 1. The molecule has 8 heteroatoms. The van der Waals surface area contributed by atoms with Gasteiger partial charge in [0, 0.05) is 17.5 Å². The molecule has 0 aliphatic heterocycles. The topological polar surface area (TPSA) is 84.4 Å². The largest absolute Gasteiger partial charge is 0.507 e. The highest BCUT2D eigenvalue weighted by Gasteiger charge is 2.07. The van der Waals surface area contributed by atoms with Gasteiger partial charge in [-0.05, 0) is 30.3 Å². The molecule has 0 unspecified atom stereocenters. The number of methoxy groups -OCH3 is 2. The highest BCUT2D eigenvalue weighted by molar-refractivity contribution is 6.37. The molecule has 2 N–H and O–H groups in total. The third-order valence-electron chi connectivity index (χ3n) is 3.96. The molecule has 0 amide bonds. The minimum absolute atomic E-state index is 0.0683. The van der Waals surface area contributed by atoms with Gasteiger partial charge in [-0.2, -0.15) is 0 Å². The molecule has 2 heterocycles. The standard InChI is InChI=1S/C10H7Cl2NO.C10H9NO3/c1-14-6-2-3-7-8(11)5-10(12)13-9(7)4-6;1-14-8-4-2-3-6-10(8)7(12)5-9(13)11-6/h2-5H,1H3;2-5H,1H3,(H2,11,12,13). The van der Waals surface area contributed by atoms with Crippen molar-refractivity contribution in [1.29, 1.82) is 0 Å². The normalized spacial score (nSPS) is 10.4. The highest BCUT2D eigenvalue weighted by atomic mass is 35.5. The van der Waals surface area contributed by atoms with E-state index in [1.807, 2.05) is 12.1 Å². The zero-order chi connectivity index (χ0) is 20.3. The number of halogens is 2. The van der Waals surface area contributed by atoms with E-state index in [1.54, 1.807) is 37.4 Å². The number of aromatic amines is 1. The van der Waals surface area contributed by atoms with E-state index in [0.29, 0.717) is 26.8 Å². The van der Waals surface area contributed by atoms with Crippen molar-refractivity contribution in [2.75, 3.05) is 14.2 Å². The molecule has 4 rings (SSSR count). The van der Waals surface area contributed by atoms with Crippen LogP contribution in [-0.4, -0.2) is 29.3 Å². The van der Waals surface area contributed by atoms with Crippen molar-refractivity contribution in [3.05, 3.63) is 69.1 Å². The molecular weight excluding hydrogens is 403 g/mol. The van der Waals surface area contributed by atoms with Gasteiger partial charge in [-0.3, -0.25) is 4.79 Å². The second kappa shape index (κ2) is 8.37. The summed E-state index contributed by atoms with van der Waals surface area (Å²) in [6.07, 6.45) is 0. The Labute approximate surface area is 170 Å². The van der Waals surface area contributed by atoms with Crippen LogP contribution in [0, 0.1) is 0 Å². The minimum Gasteiger partial charge on any atom is -0.507 e. The average Bonchev–Trinajstić information content (AvgIpc) is 2.67. The van der Waals surface area contributed by atoms with Gasteiger partial charge in [-0.25, -0.2) is 4.98 Å². The van der Waals surface area contributed by atoms with Crippen LogP contribution in [0.5, 0.6) is 17.2 Å². The second-order valence-electron chi connectivity index (χ2n) is 5.71. The van der Waals surface area contributed by atoms with Crippen LogP contribution in [0.15, 0.2) is 53.3 Å². The Morgan fingerprint density at radius 1 is 1.04 bits per heavy atom. The first kappa shape index (κ1) is 19.8. The Hall–Kier alpha value is -2.96. The van der Waals surface area contributed by atoms with Crippen molar-refractivity contribution in [3.63, 3.8) is 0 Å². The zero-order valence-corrected chi connectivity index (χ0v) is 16.5. The molecule has 2 aromatic heterocycles. The second-order valence-corrected chi connectivity index (χ2v) is 6.51. The number of hydrogen-bond donors (Lipinski definition) is 2. The van der Waals surface area contributed by atoms with E-state index in [1.165, 1.54) is 7.11 Å². The molecule has 0 aliphatic rings. The molecule has 0 atom stereocenters. The number of nitrogens with zero attached hydrogens (tertiary/aromatic N) is 1. The summed E-state index contributed by atoms with van der Waals surface area (Å²) in [6.45, 7) is 0. The van der Waals surface area contributed by atoms with Gasteiger partial charge in [-0.1, -0.05) is 29.3 Å². The molecule has 144 valence electrons. The van der Waals surface area contributed by atoms with E-state index in [9.17, 15) is 9.90 Å². The fourth-order valence-corrected chi connectivity index (χ4v) is 3.22. The SMILES string of the molecule is COc1ccc2c(Cl)cc(Cl)nc2c1.COc1cccc2[nH]c(=O)cc(O)c12. The van der Waals surface area contributed by atoms with Crippen LogP contribution in [-0.2, 0) is 0 Å². The quantitative estimate of drug-likeness (QED) is 0.457. The lowest BCUT2D eigenvalue weighted by atomic mass is 10.2. The molecule has 0 saturated heterocycles. The van der Waals surface area contributed by atoms with Crippen molar-refractivity contribution in [2.24, 2.45) is 0 Å². The fourth-order valence-electron chi connectivity index (χ4n) is 2.70. The molecular formula is C20H16Cl2N2O4. The number of ether oxygens (including phenoxy) is 2. The molecule has 0 fully saturated rings. The molecule has 0 aliphatic carbocycles. The van der Waals surface area contributed by atoms with Gasteiger partial charge in [-0.15, -0.1) is 0 Å². The van der Waals surface area contributed by atoms with E-state index in [4.69, 9.17) is 32.7 Å². The van der Waals surface area contributed by atoms with Gasteiger partial charge < -0.3 is 19.6 Å². The summed E-state index contributed by atoms with van der Waals surface area (Å²) in [6, 6.07) is 13.4. The Morgan fingerprint density at radius 3 is 2.54 bits per heavy atom. The number of fused-ring (bicyclic) bond motifs is 2. The molecule has 4 aromatic rings. The van der Waals surface area contributed by atoms with Crippen LogP contribution in [0.1, 0.15) is 0 Å². The first-order valence-electron chi connectivity index (χ1n) is 8.11. The first-order chi connectivity index (χ1) is 13.4. The summed E-state index contributed by atoms with van der Waals surface area (Å²) in [4.78, 5) is 17.8. The minimum atomic E-state index is -0.330. The van der Waals surface area contributed by atoms with E-state index < -0.39 is 0 Å². The summed E-state index contributed by atoms with van der Waals surface area (Å²) in [7, 11) is 3.12. The Kier molecular flexibility index (Phi) is 5.92. The molecule has 28 heavy (non-hydrogen) atoms. The summed E-state index contributed by atoms with van der Waals surface area (Å²) in [5.74, 6) is 1.21. The molecule has 2 aromatic carbocycles. The third-order valence-corrected chi connectivity index (χ3v) is 4.47. The van der Waals surface area contributed by atoms with Crippen molar-refractivity contribution in [2.45, 2.75) is 0 Å². The van der Waals surface area contributed by atoms with Crippen LogP contribution < -0.4 is 15.0 Å². The van der Waals surface area contributed by atoms with Crippen LogP contribution in [0.2, 0.25) is 10.2 Å². The maximum Gasteiger partial charge on any atom is 0.252 e. The third kappa shape index (κ3) is 4.13. The summed E-state index contributed by atoms with van der Waals surface area (Å²) < 4.78 is 10.1. The predicted octanol–water partition coefficient (Wildman–Crippen LogP) is 4.79. The number of pyridine rings is 2. The van der Waals surface area contributed by atoms with Crippen molar-refractivity contribution in [3.8, 4) is 17.2 Å². The molecule has 0 saturated carbocycles. The van der Waals surface area contributed by atoms with Crippen molar-refractivity contribution in [1.82, 2.24) is 9.97 Å². The molecule has 0 bridgehead atoms. The van der Waals surface area contributed by atoms with E-state index >= 15 is 0 Å². The van der Waals surface area contributed by atoms with E-state index in [-0.39, 0.29) is 11.3 Å². The Bertz CT molecular complexity index is 1210. The molecule has 0 spiro atoms. The highest BCUT2D eigenvalue weighted by Crippen LogP contribution is 2.30. The summed E-state index contributed by atoms with van der Waals surface area (Å²) >= 11 is 11.8. The lowest BCUT2D eigenvalue weighted by molar-refractivity contribution is 0.415. The average molecular weight is 419 g/mol. The number of aromatic nitrogens is 2. The Balaban J connectivity index is 0.000000161. The number of rotatable bonds is 2. The van der Waals surface area contributed by atoms with Crippen molar-refractivity contribution >= 4 is 45.0 Å². The fraction of sp³-hybridized carbons (Fsp3) is 0.100. The lowest BCUT2D eigenvalue weighted by Gasteiger charge is -2.05. The van der Waals surface area contributed by atoms with Gasteiger partial charge in [0.05, 0.1) is 35.7 Å². The van der Waals surface area contributed by atoms with Gasteiger partial charge in [0.25, 0.3) is 5.56 Å². The lowest BCUT2D eigenvalue weighted by Crippen LogP contribution is -2.03. The predicted molar refractivity (Wildman–Crippen MR) is 111 cm³/mol. The van der Waals surface area contributed by atoms with Crippen LogP contribution >= 0.6 is 23.2 Å². The van der Waals surface area contributed by atoms with Gasteiger partial charge >= 0.3 is 0 Å². The zero-order valence-electron chi connectivity index (χ0n) is 15.0. The summed E-state index contributed by atoms with van der Waals surface area (Å²) in [5, 5.41) is 11.9. The van der Waals surface area contributed by atoms with Gasteiger partial charge in [0.1, 0.15) is 22.4 Å². The number of nitrogens with one attached hydrogen (secondary N) is 1. The summed E-state index contributed by atoms with van der Waals surface area (Å²) in [5.41, 5.74) is 0.972. The smallest absolute Gasteiger partial charge is 0.252 e. The maximum absolute atomic E-state index is 11.0. The Morgan fingerprint density at radius 2 is 1.82 bits per heavy atom. The first-order valence-corrected chi connectivity index (χ1v) is 8.87. The van der Waals surface area contributed by atoms with Crippen LogP contribution in [0.4, 0.5) is 0 Å². The van der Waals surface area contributed by atoms with E-state index in [0.717, 1.165) is 22.7 Å². The maximum atomic E-state index is 11.0. The molecule has 0 radical (unpaired) electrons. The number of benzene rings is 2. The monoisotopic (exact) mass is 418 g/mol. The van der Waals surface area contributed by atoms with Crippen molar-refractivity contribution < 1.29 is 14.6 Å². The van der Waals surface area contributed by atoms with E-state index in [2.05, 4.69) is 9.97 Å². The number of hydrogen-bond acceptors (Lipinski definition) is 5. The van der Waals surface area contributed by atoms with Crippen LogP contribution in [0.25, 0.3) is 21.8 Å². The molecule has 6 nitrogen and oxygen atoms in total.